The molecule has 1 aromatic carbocycles. The third kappa shape index (κ3) is 2.77. The van der Waals surface area contributed by atoms with Gasteiger partial charge in [0.05, 0.1) is 0 Å². The topological polar surface area (TPSA) is 117 Å². The Morgan fingerprint density at radius 2 is 2.25 bits per heavy atom. The Morgan fingerprint density at radius 3 is 2.95 bits per heavy atom. The van der Waals surface area contributed by atoms with Crippen LogP contribution < -0.4 is 11.1 Å². The molecule has 0 aliphatic carbocycles. The molecule has 1 heterocycles. The Balaban J connectivity index is 2.41. The van der Waals surface area contributed by atoms with Crippen molar-refractivity contribution in [3.63, 3.8) is 0 Å². The number of ketones is 1. The zero-order chi connectivity index (χ0) is 14.7. The maximum Gasteiger partial charge on any atom is 0.363 e. The maximum absolute atomic E-state index is 11.7. The van der Waals surface area contributed by atoms with E-state index in [4.69, 9.17) is 11.1 Å². The number of hydrogen-bond acceptors (Lipinski definition) is 2. The number of aliphatic hydroxyl groups is 1. The number of nitrogens with two attached hydrogens (primary N) is 2. The van der Waals surface area contributed by atoms with Gasteiger partial charge in [-0.25, -0.2) is 0 Å². The molecular formula is C13H12BrN4O2+. The monoisotopic (exact) mass is 335 g/mol. The number of aliphatic hydroxyl groups excluding tert-OH is 1. The molecule has 0 atom stereocenters. The third-order valence-corrected chi connectivity index (χ3v) is 3.15. The maximum atomic E-state index is 11.7. The summed E-state index contributed by atoms with van der Waals surface area (Å²) in [5, 5.41) is 16.2. The van der Waals surface area contributed by atoms with Gasteiger partial charge < -0.3 is 15.8 Å². The number of H-pyrrole nitrogens is 1. The molecule has 0 saturated heterocycles. The number of aliphatic imine (C=N–C) groups is 1. The molecule has 0 spiro atoms. The summed E-state index contributed by atoms with van der Waals surface area (Å²) < 4.78 is 0.865. The number of fused-ring (bicyclic) bond motifs is 1. The number of carbonyl (C=O) groups is 1. The molecule has 7 heteroatoms. The van der Waals surface area contributed by atoms with Gasteiger partial charge in [-0.3, -0.25) is 10.2 Å². The lowest BCUT2D eigenvalue weighted by Gasteiger charge is -1.98. The van der Waals surface area contributed by atoms with E-state index in [9.17, 15) is 9.90 Å². The van der Waals surface area contributed by atoms with Crippen LogP contribution in [0.15, 0.2) is 39.9 Å². The van der Waals surface area contributed by atoms with Crippen molar-refractivity contribution in [1.29, 1.82) is 0 Å². The quantitative estimate of drug-likeness (QED) is 0.284. The lowest BCUT2D eigenvalue weighted by atomic mass is 10.1. The summed E-state index contributed by atoms with van der Waals surface area (Å²) in [6.45, 7) is 0. The fraction of sp³-hybridized carbons (Fsp3) is 0. The number of benzene rings is 1. The number of hydrogen-bond donors (Lipinski definition) is 4. The van der Waals surface area contributed by atoms with E-state index in [0.29, 0.717) is 5.56 Å². The van der Waals surface area contributed by atoms with Gasteiger partial charge in [-0.1, -0.05) is 15.9 Å². The minimum Gasteiger partial charge on any atom is -0.507 e. The van der Waals surface area contributed by atoms with Crippen LogP contribution in [0.3, 0.4) is 0 Å². The molecule has 0 unspecified atom stereocenters. The summed E-state index contributed by atoms with van der Waals surface area (Å²) in [4.78, 5) is 18.1. The van der Waals surface area contributed by atoms with Crippen LogP contribution in [0.25, 0.3) is 16.7 Å². The first-order valence-corrected chi connectivity index (χ1v) is 6.41. The van der Waals surface area contributed by atoms with Gasteiger partial charge in [0.25, 0.3) is 5.78 Å². The lowest BCUT2D eigenvalue weighted by molar-refractivity contribution is -0.133. The van der Waals surface area contributed by atoms with E-state index >= 15 is 0 Å². The van der Waals surface area contributed by atoms with E-state index in [0.717, 1.165) is 27.8 Å². The van der Waals surface area contributed by atoms with Crippen LogP contribution in [-0.2, 0) is 4.79 Å². The Hall–Kier alpha value is -2.41. The number of carbonyl (C=O) groups excluding carboxylic acids is 1. The van der Waals surface area contributed by atoms with Gasteiger partial charge in [0, 0.05) is 33.2 Å². The number of amidine groups is 1. The van der Waals surface area contributed by atoms with Gasteiger partial charge in [-0.05, 0) is 23.2 Å². The minimum atomic E-state index is -0.617. The van der Waals surface area contributed by atoms with Crippen molar-refractivity contribution in [2.24, 2.45) is 10.7 Å². The second kappa shape index (κ2) is 5.70. The summed E-state index contributed by atoms with van der Waals surface area (Å²) in [5.41, 5.74) is 6.39. The summed E-state index contributed by atoms with van der Waals surface area (Å²) >= 11 is 3.36. The smallest absolute Gasteiger partial charge is 0.363 e. The zero-order valence-corrected chi connectivity index (χ0v) is 11.9. The minimum absolute atomic E-state index is 0.200. The van der Waals surface area contributed by atoms with Crippen molar-refractivity contribution >= 4 is 50.5 Å². The molecule has 0 aliphatic heterocycles. The van der Waals surface area contributed by atoms with Gasteiger partial charge in [0.15, 0.2) is 0 Å². The molecule has 2 aromatic rings. The summed E-state index contributed by atoms with van der Waals surface area (Å²) in [5.74, 6) is -1.11. The summed E-state index contributed by atoms with van der Waals surface area (Å²) in [7, 11) is 0. The molecule has 0 bridgehead atoms. The van der Waals surface area contributed by atoms with Crippen LogP contribution >= 0.6 is 15.9 Å². The largest absolute Gasteiger partial charge is 0.507 e. The van der Waals surface area contributed by atoms with Crippen molar-refractivity contribution < 1.29 is 15.3 Å². The van der Waals surface area contributed by atoms with E-state index in [-0.39, 0.29) is 11.6 Å². The molecule has 0 amide bonds. The van der Waals surface area contributed by atoms with E-state index in [1.165, 1.54) is 0 Å². The van der Waals surface area contributed by atoms with Gasteiger partial charge in [-0.15, -0.1) is 0 Å². The van der Waals surface area contributed by atoms with Gasteiger partial charge in [-0.2, -0.15) is 0 Å². The Bertz CT molecular complexity index is 746. The molecule has 6 nitrogen and oxygen atoms in total. The Kier molecular flexibility index (Phi) is 3.99. The predicted molar refractivity (Wildman–Crippen MR) is 81.2 cm³/mol. The first-order valence-electron chi connectivity index (χ1n) is 5.61. The standard InChI is InChI=1S/C13H11BrN4O2/c14-7-1-2-10-8(3-7)9(5-17-10)11(19)4-12(20)13(16)18-6-15/h1-6,17,19H,(H3,15,16,18)/p+1. The van der Waals surface area contributed by atoms with Gasteiger partial charge >= 0.3 is 5.84 Å². The Morgan fingerprint density at radius 1 is 1.50 bits per heavy atom. The Labute approximate surface area is 122 Å². The van der Waals surface area contributed by atoms with Crippen LogP contribution in [0.2, 0.25) is 0 Å². The van der Waals surface area contributed by atoms with Crippen LogP contribution in [0.5, 0.6) is 0 Å². The van der Waals surface area contributed by atoms with Gasteiger partial charge in [0.1, 0.15) is 5.76 Å². The number of nitrogens with one attached hydrogen (secondary N) is 1. The second-order valence-electron chi connectivity index (χ2n) is 3.95. The number of rotatable bonds is 3. The third-order valence-electron chi connectivity index (χ3n) is 2.65. The molecule has 102 valence electrons. The first kappa shape index (κ1) is 14.0. The number of aromatic nitrogens is 1. The molecule has 0 aliphatic rings. The van der Waals surface area contributed by atoms with E-state index < -0.39 is 5.78 Å². The average molecular weight is 336 g/mol. The van der Waals surface area contributed by atoms with E-state index in [1.54, 1.807) is 6.20 Å². The SMILES string of the molecule is NC=NC(=[NH2+])C(=O)C=C(O)c1c[nH]c2ccc(Br)cc12. The van der Waals surface area contributed by atoms with Crippen LogP contribution in [0.1, 0.15) is 5.56 Å². The molecule has 2 rings (SSSR count). The van der Waals surface area contributed by atoms with Crippen molar-refractivity contribution in [2.45, 2.75) is 0 Å². The number of halogens is 1. The number of nitrogens with zero attached hydrogens (tertiary/aromatic N) is 1. The van der Waals surface area contributed by atoms with Crippen molar-refractivity contribution in [3.8, 4) is 0 Å². The second-order valence-corrected chi connectivity index (χ2v) is 4.87. The van der Waals surface area contributed by atoms with Crippen LogP contribution in [0, 0.1) is 0 Å². The molecular weight excluding hydrogens is 324 g/mol. The highest BCUT2D eigenvalue weighted by molar-refractivity contribution is 9.10. The molecule has 20 heavy (non-hydrogen) atoms. The van der Waals surface area contributed by atoms with E-state index in [1.807, 2.05) is 18.2 Å². The predicted octanol–water partition coefficient (Wildman–Crippen LogP) is 0.543. The molecule has 0 fully saturated rings. The number of aromatic amines is 1. The van der Waals surface area contributed by atoms with Crippen molar-refractivity contribution in [1.82, 2.24) is 4.98 Å². The summed E-state index contributed by atoms with van der Waals surface area (Å²) in [6.07, 6.45) is 3.53. The highest BCUT2D eigenvalue weighted by Gasteiger charge is 2.16. The fourth-order valence-corrected chi connectivity index (χ4v) is 2.09. The first-order chi connectivity index (χ1) is 9.52. The highest BCUT2D eigenvalue weighted by atomic mass is 79.9. The molecule has 0 radical (unpaired) electrons. The molecule has 0 saturated carbocycles. The lowest BCUT2D eigenvalue weighted by Crippen LogP contribution is -2.43. The summed E-state index contributed by atoms with van der Waals surface area (Å²) in [6, 6.07) is 5.56. The fourth-order valence-electron chi connectivity index (χ4n) is 1.72. The highest BCUT2D eigenvalue weighted by Crippen LogP contribution is 2.26. The molecule has 6 N–H and O–H groups in total. The van der Waals surface area contributed by atoms with Crippen molar-refractivity contribution in [3.05, 3.63) is 40.5 Å². The average Bonchev–Trinajstić information content (AvgIpc) is 2.81. The molecule has 1 aromatic heterocycles. The van der Waals surface area contributed by atoms with Crippen LogP contribution in [-0.4, -0.2) is 28.0 Å². The van der Waals surface area contributed by atoms with Gasteiger partial charge in [0.2, 0.25) is 6.34 Å². The normalized spacial score (nSPS) is 12.2. The van der Waals surface area contributed by atoms with E-state index in [2.05, 4.69) is 25.9 Å². The zero-order valence-electron chi connectivity index (χ0n) is 10.3. The van der Waals surface area contributed by atoms with Crippen molar-refractivity contribution in [2.75, 3.05) is 0 Å². The van der Waals surface area contributed by atoms with Crippen LogP contribution in [0.4, 0.5) is 0 Å².